The molecule has 2 aromatic carbocycles. The van der Waals surface area contributed by atoms with Crippen molar-refractivity contribution in [3.8, 4) is 0 Å². The molecule has 0 bridgehead atoms. The second kappa shape index (κ2) is 6.10. The summed E-state index contributed by atoms with van der Waals surface area (Å²) in [5.74, 6) is 1.09. The van der Waals surface area contributed by atoms with Crippen LogP contribution in [-0.4, -0.2) is 10.7 Å². The summed E-state index contributed by atoms with van der Waals surface area (Å²) in [4.78, 5) is 5.93. The van der Waals surface area contributed by atoms with Gasteiger partial charge < -0.3 is 0 Å². The molecule has 0 saturated heterocycles. The fourth-order valence-electron chi connectivity index (χ4n) is 2.31. The third kappa shape index (κ3) is 3.02. The number of benzene rings is 2. The molecule has 3 rings (SSSR count). The third-order valence-corrected chi connectivity index (χ3v) is 4.35. The number of hydrogen-bond acceptors (Lipinski definition) is 2. The Hall–Kier alpha value is -1.80. The van der Waals surface area contributed by atoms with Crippen LogP contribution in [0.4, 0.5) is 0 Å². The van der Waals surface area contributed by atoms with E-state index in [0.717, 1.165) is 23.4 Å². The maximum absolute atomic E-state index is 4.59. The Bertz CT molecular complexity index is 707. The summed E-state index contributed by atoms with van der Waals surface area (Å²) in [6.07, 6.45) is 1.10. The number of fused-ring (bicyclic) bond motifs is 1. The minimum absolute atomic E-state index is 1.09. The first-order chi connectivity index (χ1) is 9.83. The first-order valence-corrected chi connectivity index (χ1v) is 7.84. The Balaban J connectivity index is 1.77. The molecule has 3 aromatic rings. The number of aromatic nitrogens is 1. The van der Waals surface area contributed by atoms with E-state index in [1.807, 2.05) is 17.8 Å². The van der Waals surface area contributed by atoms with E-state index in [9.17, 15) is 0 Å². The first kappa shape index (κ1) is 13.2. The summed E-state index contributed by atoms with van der Waals surface area (Å²) in [7, 11) is 0. The number of thioether (sulfide) groups is 1. The van der Waals surface area contributed by atoms with E-state index in [-0.39, 0.29) is 0 Å². The molecule has 20 heavy (non-hydrogen) atoms. The molecule has 0 radical (unpaired) electrons. The lowest BCUT2D eigenvalue weighted by molar-refractivity contribution is 1.15. The maximum Gasteiger partial charge on any atom is 0.0716 e. The highest BCUT2D eigenvalue weighted by molar-refractivity contribution is 7.99. The van der Waals surface area contributed by atoms with E-state index < -0.39 is 0 Å². The van der Waals surface area contributed by atoms with E-state index in [1.165, 1.54) is 15.8 Å². The van der Waals surface area contributed by atoms with E-state index >= 15 is 0 Å². The summed E-state index contributed by atoms with van der Waals surface area (Å²) in [5, 5.41) is 1.26. The van der Waals surface area contributed by atoms with Crippen LogP contribution in [0.2, 0.25) is 0 Å². The molecule has 0 spiro atoms. The molecule has 0 N–H and O–H groups in total. The Kier molecular flexibility index (Phi) is 4.03. The second-order valence-corrected chi connectivity index (χ2v) is 6.00. The molecule has 1 nitrogen and oxygen atoms in total. The highest BCUT2D eigenvalue weighted by atomic mass is 32.2. The quantitative estimate of drug-likeness (QED) is 0.631. The van der Waals surface area contributed by atoms with Crippen LogP contribution in [0.3, 0.4) is 0 Å². The van der Waals surface area contributed by atoms with Gasteiger partial charge in [0.2, 0.25) is 0 Å². The largest absolute Gasteiger partial charge is 0.253 e. The number of pyridine rings is 1. The van der Waals surface area contributed by atoms with Crippen LogP contribution in [0.25, 0.3) is 10.9 Å². The molecule has 0 unspecified atom stereocenters. The lowest BCUT2D eigenvalue weighted by Gasteiger charge is -2.07. The molecule has 0 amide bonds. The topological polar surface area (TPSA) is 12.9 Å². The number of hydrogen-bond donors (Lipinski definition) is 0. The van der Waals surface area contributed by atoms with Gasteiger partial charge in [-0.15, -0.1) is 11.8 Å². The van der Waals surface area contributed by atoms with Crippen LogP contribution in [-0.2, 0) is 6.42 Å². The number of para-hydroxylation sites is 1. The van der Waals surface area contributed by atoms with Gasteiger partial charge in [0.1, 0.15) is 0 Å². The van der Waals surface area contributed by atoms with Crippen molar-refractivity contribution in [3.63, 3.8) is 0 Å². The van der Waals surface area contributed by atoms with Crippen molar-refractivity contribution >= 4 is 22.7 Å². The monoisotopic (exact) mass is 279 g/mol. The van der Waals surface area contributed by atoms with Crippen molar-refractivity contribution in [1.82, 2.24) is 4.98 Å². The Morgan fingerprint density at radius 3 is 2.55 bits per heavy atom. The lowest BCUT2D eigenvalue weighted by Crippen LogP contribution is -1.90. The van der Waals surface area contributed by atoms with Crippen molar-refractivity contribution < 1.29 is 0 Å². The van der Waals surface area contributed by atoms with Crippen molar-refractivity contribution in [3.05, 3.63) is 71.9 Å². The van der Waals surface area contributed by atoms with Gasteiger partial charge in [-0.05, 0) is 31.0 Å². The van der Waals surface area contributed by atoms with Crippen LogP contribution >= 0.6 is 11.8 Å². The van der Waals surface area contributed by atoms with Gasteiger partial charge in [0.25, 0.3) is 0 Å². The van der Waals surface area contributed by atoms with Crippen LogP contribution < -0.4 is 0 Å². The average molecular weight is 279 g/mol. The van der Waals surface area contributed by atoms with Crippen molar-refractivity contribution in [2.45, 2.75) is 18.2 Å². The van der Waals surface area contributed by atoms with Gasteiger partial charge in [0.15, 0.2) is 0 Å². The fraction of sp³-hybridized carbons (Fsp3) is 0.167. The summed E-state index contributed by atoms with van der Waals surface area (Å²) in [6.45, 7) is 2.06. The molecule has 0 saturated carbocycles. The second-order valence-electron chi connectivity index (χ2n) is 4.86. The Labute approximate surface area is 124 Å². The predicted octanol–water partition coefficient (Wildman–Crippen LogP) is 4.88. The zero-order valence-electron chi connectivity index (χ0n) is 11.5. The van der Waals surface area contributed by atoms with E-state index in [4.69, 9.17) is 0 Å². The highest BCUT2D eigenvalue weighted by Gasteiger charge is 2.04. The molecule has 2 heteroatoms. The Morgan fingerprint density at radius 2 is 1.70 bits per heavy atom. The van der Waals surface area contributed by atoms with Gasteiger partial charge in [-0.25, -0.2) is 0 Å². The van der Waals surface area contributed by atoms with Crippen LogP contribution in [0.15, 0.2) is 65.6 Å². The van der Waals surface area contributed by atoms with E-state index in [0.29, 0.717) is 0 Å². The van der Waals surface area contributed by atoms with E-state index in [1.54, 1.807) is 0 Å². The van der Waals surface area contributed by atoms with Crippen molar-refractivity contribution in [1.29, 1.82) is 0 Å². The normalized spacial score (nSPS) is 10.8. The third-order valence-electron chi connectivity index (χ3n) is 3.30. The molecule has 1 aromatic heterocycles. The standard InChI is InChI=1S/C18H17NS/c1-14-13-18(16-9-5-6-10-17(16)19-14)20-12-11-15-7-3-2-4-8-15/h2-10,13H,11-12H2,1H3. The SMILES string of the molecule is Cc1cc(SCCc2ccccc2)c2ccccc2n1. The highest BCUT2D eigenvalue weighted by Crippen LogP contribution is 2.28. The zero-order chi connectivity index (χ0) is 13.8. The molecular formula is C18H17NS. The number of aryl methyl sites for hydroxylation is 2. The van der Waals surface area contributed by atoms with Crippen molar-refractivity contribution in [2.75, 3.05) is 5.75 Å². The van der Waals surface area contributed by atoms with Crippen molar-refractivity contribution in [2.24, 2.45) is 0 Å². The molecule has 0 fully saturated rings. The summed E-state index contributed by atoms with van der Waals surface area (Å²) in [6, 6.07) is 21.2. The number of nitrogens with zero attached hydrogens (tertiary/aromatic N) is 1. The minimum atomic E-state index is 1.09. The molecule has 0 aliphatic heterocycles. The molecular weight excluding hydrogens is 262 g/mol. The van der Waals surface area contributed by atoms with Crippen LogP contribution in [0, 0.1) is 6.92 Å². The smallest absolute Gasteiger partial charge is 0.0716 e. The summed E-state index contributed by atoms with van der Waals surface area (Å²) >= 11 is 1.92. The van der Waals surface area contributed by atoms with Gasteiger partial charge in [-0.1, -0.05) is 48.5 Å². The van der Waals surface area contributed by atoms with Crippen LogP contribution in [0.1, 0.15) is 11.3 Å². The molecule has 0 aliphatic rings. The van der Waals surface area contributed by atoms with Gasteiger partial charge in [0, 0.05) is 21.7 Å². The number of rotatable bonds is 4. The van der Waals surface area contributed by atoms with Gasteiger partial charge >= 0.3 is 0 Å². The molecule has 100 valence electrons. The summed E-state index contributed by atoms with van der Waals surface area (Å²) in [5.41, 5.74) is 3.58. The average Bonchev–Trinajstić information content (AvgIpc) is 2.48. The Morgan fingerprint density at radius 1 is 0.950 bits per heavy atom. The zero-order valence-corrected chi connectivity index (χ0v) is 12.4. The fourth-order valence-corrected chi connectivity index (χ4v) is 3.45. The molecule has 0 aliphatic carbocycles. The maximum atomic E-state index is 4.59. The van der Waals surface area contributed by atoms with Gasteiger partial charge in [0.05, 0.1) is 5.52 Å². The minimum Gasteiger partial charge on any atom is -0.253 e. The lowest BCUT2D eigenvalue weighted by atomic mass is 10.2. The van der Waals surface area contributed by atoms with Crippen LogP contribution in [0.5, 0.6) is 0 Å². The van der Waals surface area contributed by atoms with Gasteiger partial charge in [-0.3, -0.25) is 4.98 Å². The summed E-state index contributed by atoms with van der Waals surface area (Å²) < 4.78 is 0. The molecule has 1 heterocycles. The van der Waals surface area contributed by atoms with Gasteiger partial charge in [-0.2, -0.15) is 0 Å². The predicted molar refractivity (Wildman–Crippen MR) is 87.4 cm³/mol. The molecule has 0 atom stereocenters. The first-order valence-electron chi connectivity index (χ1n) is 6.86. The van der Waals surface area contributed by atoms with E-state index in [2.05, 4.69) is 66.5 Å².